The molecule has 3 heteroatoms. The van der Waals surface area contributed by atoms with Crippen molar-refractivity contribution in [2.45, 2.75) is 26.9 Å². The van der Waals surface area contributed by atoms with Gasteiger partial charge < -0.3 is 14.6 Å². The summed E-state index contributed by atoms with van der Waals surface area (Å²) in [4.78, 5) is 0. The van der Waals surface area contributed by atoms with Crippen LogP contribution < -0.4 is 4.74 Å². The van der Waals surface area contributed by atoms with Crippen LogP contribution in [-0.2, 0) is 4.74 Å². The van der Waals surface area contributed by atoms with Crippen LogP contribution in [0.25, 0.3) is 0 Å². The lowest BCUT2D eigenvalue weighted by atomic mass is 9.64. The van der Waals surface area contributed by atoms with Crippen molar-refractivity contribution in [1.29, 1.82) is 0 Å². The van der Waals surface area contributed by atoms with Crippen LogP contribution in [0.1, 0.15) is 32.4 Å². The van der Waals surface area contributed by atoms with Crippen molar-refractivity contribution < 1.29 is 14.6 Å². The number of ether oxygens (including phenoxy) is 2. The van der Waals surface area contributed by atoms with Crippen LogP contribution >= 0.6 is 0 Å². The molecular weight excluding hydrogens is 264 g/mol. The maximum absolute atomic E-state index is 9.77. The molecule has 1 N–H and O–H groups in total. The Labute approximate surface area is 126 Å². The molecule has 0 amide bonds. The first-order chi connectivity index (χ1) is 10.0. The van der Waals surface area contributed by atoms with Gasteiger partial charge in [0.05, 0.1) is 19.8 Å². The molecule has 114 valence electrons. The van der Waals surface area contributed by atoms with E-state index >= 15 is 0 Å². The molecule has 2 bridgehead atoms. The highest BCUT2D eigenvalue weighted by atomic mass is 16.5. The number of phenols is 1. The van der Waals surface area contributed by atoms with E-state index in [1.807, 2.05) is 12.1 Å². The Morgan fingerprint density at radius 2 is 2.05 bits per heavy atom. The Balaban J connectivity index is 1.98. The fraction of sp³-hybridized carbons (Fsp3) is 0.556. The van der Waals surface area contributed by atoms with Crippen LogP contribution in [0.15, 0.2) is 29.8 Å². The van der Waals surface area contributed by atoms with E-state index in [4.69, 9.17) is 9.47 Å². The Morgan fingerprint density at radius 3 is 2.76 bits per heavy atom. The van der Waals surface area contributed by atoms with E-state index in [9.17, 15) is 5.11 Å². The van der Waals surface area contributed by atoms with Crippen LogP contribution in [-0.4, -0.2) is 18.8 Å². The van der Waals surface area contributed by atoms with Crippen LogP contribution in [0.3, 0.4) is 0 Å². The van der Waals surface area contributed by atoms with Gasteiger partial charge in [0.2, 0.25) is 0 Å². The van der Waals surface area contributed by atoms with E-state index in [-0.39, 0.29) is 11.9 Å². The number of hydrogen-bond donors (Lipinski definition) is 1. The summed E-state index contributed by atoms with van der Waals surface area (Å²) in [5, 5.41) is 9.77. The fourth-order valence-electron chi connectivity index (χ4n) is 4.12. The molecule has 1 fully saturated rings. The first-order valence-corrected chi connectivity index (χ1v) is 7.69. The van der Waals surface area contributed by atoms with E-state index in [1.54, 1.807) is 13.2 Å². The van der Waals surface area contributed by atoms with Gasteiger partial charge in [-0.25, -0.2) is 0 Å². The van der Waals surface area contributed by atoms with Gasteiger partial charge in [-0.3, -0.25) is 0 Å². The summed E-state index contributed by atoms with van der Waals surface area (Å²) < 4.78 is 11.4. The van der Waals surface area contributed by atoms with Crippen molar-refractivity contribution in [2.75, 3.05) is 13.7 Å². The molecule has 3 rings (SSSR count). The average Bonchev–Trinajstić information content (AvgIpc) is 2.45. The summed E-state index contributed by atoms with van der Waals surface area (Å²) in [6.07, 6.45) is 2.46. The van der Waals surface area contributed by atoms with Crippen molar-refractivity contribution in [3.05, 3.63) is 35.4 Å². The zero-order valence-electron chi connectivity index (χ0n) is 13.2. The normalized spacial score (nSPS) is 35.2. The number of benzene rings is 1. The third-order valence-electron chi connectivity index (χ3n) is 5.30. The van der Waals surface area contributed by atoms with Gasteiger partial charge in [-0.05, 0) is 42.4 Å². The predicted octanol–water partition coefficient (Wildman–Crippen LogP) is 3.94. The minimum absolute atomic E-state index is 0.0505. The smallest absolute Gasteiger partial charge is 0.160 e. The molecule has 1 aromatic rings. The van der Waals surface area contributed by atoms with Gasteiger partial charge >= 0.3 is 0 Å². The molecule has 0 aromatic heterocycles. The zero-order chi connectivity index (χ0) is 15.1. The van der Waals surface area contributed by atoms with Gasteiger partial charge in [0.1, 0.15) is 0 Å². The van der Waals surface area contributed by atoms with Crippen LogP contribution in [0.4, 0.5) is 0 Å². The number of allylic oxidation sites excluding steroid dienone is 1. The summed E-state index contributed by atoms with van der Waals surface area (Å²) in [6, 6.07) is 5.54. The number of phenolic OH excluding ortho intramolecular Hbond substituents is 1. The fourth-order valence-corrected chi connectivity index (χ4v) is 4.12. The number of methoxy groups -OCH3 is 1. The molecule has 1 aliphatic carbocycles. The van der Waals surface area contributed by atoms with Crippen molar-refractivity contribution >= 4 is 0 Å². The summed E-state index contributed by atoms with van der Waals surface area (Å²) in [5.74, 6) is 2.91. The van der Waals surface area contributed by atoms with E-state index in [0.717, 1.165) is 12.2 Å². The van der Waals surface area contributed by atoms with Crippen molar-refractivity contribution in [2.24, 2.45) is 23.7 Å². The van der Waals surface area contributed by atoms with Crippen molar-refractivity contribution in [3.8, 4) is 11.5 Å². The maximum Gasteiger partial charge on any atom is 0.160 e. The quantitative estimate of drug-likeness (QED) is 0.838. The number of fused-ring (bicyclic) bond motifs is 2. The molecule has 0 radical (unpaired) electrons. The average molecular weight is 288 g/mol. The molecule has 0 saturated carbocycles. The molecule has 5 atom stereocenters. The molecule has 1 saturated heterocycles. The molecule has 2 aliphatic rings. The monoisotopic (exact) mass is 288 g/mol. The summed E-state index contributed by atoms with van der Waals surface area (Å²) in [7, 11) is 1.58. The first kappa shape index (κ1) is 14.5. The second kappa shape index (κ2) is 5.38. The molecule has 0 spiro atoms. The number of rotatable bonds is 2. The Bertz CT molecular complexity index is 564. The van der Waals surface area contributed by atoms with Gasteiger partial charge in [0.25, 0.3) is 0 Å². The molecule has 3 nitrogen and oxygen atoms in total. The van der Waals surface area contributed by atoms with E-state index in [2.05, 4.69) is 26.8 Å². The third-order valence-corrected chi connectivity index (χ3v) is 5.30. The van der Waals surface area contributed by atoms with Gasteiger partial charge in [-0.2, -0.15) is 0 Å². The van der Waals surface area contributed by atoms with Crippen molar-refractivity contribution in [3.63, 3.8) is 0 Å². The molecule has 1 heterocycles. The van der Waals surface area contributed by atoms with Gasteiger partial charge in [0.15, 0.2) is 11.5 Å². The highest BCUT2D eigenvalue weighted by Crippen LogP contribution is 2.50. The SMILES string of the molecule is COc1cc([C@@H]2OC[C@H]3[C@@H](C)[C@@H]2C(C)=C[C@H]3C)ccc1O. The number of aromatic hydroxyl groups is 1. The van der Waals surface area contributed by atoms with Gasteiger partial charge in [-0.1, -0.05) is 31.6 Å². The predicted molar refractivity (Wildman–Crippen MR) is 82.4 cm³/mol. The standard InChI is InChI=1S/C18H24O3/c1-10-7-11(2)17-12(3)14(10)9-21-18(17)13-5-6-15(19)16(8-13)20-4/h5-8,10,12,14,17-19H,9H2,1-4H3/t10-,12-,14-,17+,18+/m1/s1. The minimum Gasteiger partial charge on any atom is -0.504 e. The highest BCUT2D eigenvalue weighted by molar-refractivity contribution is 5.43. The largest absolute Gasteiger partial charge is 0.504 e. The molecule has 0 unspecified atom stereocenters. The molecule has 1 aromatic carbocycles. The lowest BCUT2D eigenvalue weighted by Gasteiger charge is -2.47. The van der Waals surface area contributed by atoms with E-state index in [1.165, 1.54) is 5.57 Å². The minimum atomic E-state index is 0.0505. The summed E-state index contributed by atoms with van der Waals surface area (Å²) in [5.41, 5.74) is 2.50. The second-order valence-electron chi connectivity index (χ2n) is 6.50. The summed E-state index contributed by atoms with van der Waals surface area (Å²) in [6.45, 7) is 7.65. The van der Waals surface area contributed by atoms with E-state index < -0.39 is 0 Å². The third kappa shape index (κ3) is 2.34. The molecule has 1 aliphatic heterocycles. The zero-order valence-corrected chi connectivity index (χ0v) is 13.2. The topological polar surface area (TPSA) is 38.7 Å². The van der Waals surface area contributed by atoms with Gasteiger partial charge in [0, 0.05) is 5.92 Å². The Kier molecular flexibility index (Phi) is 3.70. The Hall–Kier alpha value is -1.48. The maximum atomic E-state index is 9.77. The number of hydrogen-bond acceptors (Lipinski definition) is 3. The first-order valence-electron chi connectivity index (χ1n) is 7.69. The highest BCUT2D eigenvalue weighted by Gasteiger charge is 2.43. The van der Waals surface area contributed by atoms with E-state index in [0.29, 0.717) is 29.4 Å². The lowest BCUT2D eigenvalue weighted by molar-refractivity contribution is -0.0935. The van der Waals surface area contributed by atoms with Crippen molar-refractivity contribution in [1.82, 2.24) is 0 Å². The lowest BCUT2D eigenvalue weighted by Crippen LogP contribution is -2.42. The van der Waals surface area contributed by atoms with Crippen LogP contribution in [0, 0.1) is 23.7 Å². The second-order valence-corrected chi connectivity index (χ2v) is 6.50. The van der Waals surface area contributed by atoms with Crippen LogP contribution in [0.2, 0.25) is 0 Å². The summed E-state index contributed by atoms with van der Waals surface area (Å²) >= 11 is 0. The molecule has 21 heavy (non-hydrogen) atoms. The Morgan fingerprint density at radius 1 is 1.29 bits per heavy atom. The van der Waals surface area contributed by atoms with Crippen LogP contribution in [0.5, 0.6) is 11.5 Å². The molecular formula is C18H24O3. The van der Waals surface area contributed by atoms with Gasteiger partial charge in [-0.15, -0.1) is 0 Å².